The number of rotatable bonds is 3. The minimum Gasteiger partial charge on any atom is -0.508 e. The fourth-order valence-corrected chi connectivity index (χ4v) is 4.75. The number of phenols is 1. The molecule has 0 unspecified atom stereocenters. The molecule has 0 saturated carbocycles. The Morgan fingerprint density at radius 1 is 0.865 bits per heavy atom. The standard InChI is InChI=1S/C28H19N3O6/c29-27(30)31-22-8-4-2-6-18(22)25(33)35-16-10-12-21-24(14-16)36-23-13-15(32)9-11-20(23)28(21)19-7-3-1-5-17(19)26(34)37-28/h1-14,32H,(H4,29,30,31)/t28-/m1/s1. The van der Waals surface area contributed by atoms with Gasteiger partial charge in [-0.25, -0.2) is 14.6 Å². The van der Waals surface area contributed by atoms with Crippen molar-refractivity contribution in [1.29, 1.82) is 0 Å². The first kappa shape index (κ1) is 22.2. The molecule has 2 heterocycles. The van der Waals surface area contributed by atoms with E-state index < -0.39 is 17.5 Å². The van der Waals surface area contributed by atoms with Crippen molar-refractivity contribution >= 4 is 23.6 Å². The van der Waals surface area contributed by atoms with E-state index in [1.807, 2.05) is 12.1 Å². The van der Waals surface area contributed by atoms with Crippen molar-refractivity contribution in [3.05, 3.63) is 113 Å². The second-order valence-corrected chi connectivity index (χ2v) is 8.50. The second kappa shape index (κ2) is 8.13. The first-order valence-electron chi connectivity index (χ1n) is 11.3. The van der Waals surface area contributed by atoms with Crippen LogP contribution in [0.15, 0.2) is 89.9 Å². The molecule has 0 saturated heterocycles. The van der Waals surface area contributed by atoms with E-state index in [4.69, 9.17) is 25.7 Å². The molecule has 0 aromatic heterocycles. The lowest BCUT2D eigenvalue weighted by molar-refractivity contribution is 0.0224. The summed E-state index contributed by atoms with van der Waals surface area (Å²) >= 11 is 0. The molecule has 0 aliphatic carbocycles. The lowest BCUT2D eigenvalue weighted by Crippen LogP contribution is -2.33. The predicted octanol–water partition coefficient (Wildman–Crippen LogP) is 4.08. The number of ether oxygens (including phenoxy) is 3. The average molecular weight is 493 g/mol. The Labute approximate surface area is 210 Å². The minimum absolute atomic E-state index is 0.0196. The van der Waals surface area contributed by atoms with Crippen LogP contribution in [0.3, 0.4) is 0 Å². The number of esters is 2. The SMILES string of the molecule is NC(N)=Nc1ccccc1C(=O)Oc1ccc2c(c1)Oc1cc(O)ccc1[C@@]21OC(=O)c2ccccc21. The smallest absolute Gasteiger partial charge is 0.345 e. The number of aliphatic imine (C=N–C) groups is 1. The van der Waals surface area contributed by atoms with E-state index in [1.165, 1.54) is 18.2 Å². The minimum atomic E-state index is -1.30. The lowest BCUT2D eigenvalue weighted by Gasteiger charge is -2.36. The van der Waals surface area contributed by atoms with E-state index in [0.29, 0.717) is 33.8 Å². The molecule has 9 nitrogen and oxygen atoms in total. The normalized spacial score (nSPS) is 16.6. The maximum atomic E-state index is 13.0. The van der Waals surface area contributed by atoms with Crippen molar-refractivity contribution in [1.82, 2.24) is 0 Å². The summed E-state index contributed by atoms with van der Waals surface area (Å²) in [5, 5.41) is 10.1. The number of benzene rings is 4. The number of hydrogen-bond acceptors (Lipinski definition) is 7. The Balaban J connectivity index is 1.45. The van der Waals surface area contributed by atoms with E-state index in [9.17, 15) is 14.7 Å². The zero-order valence-electron chi connectivity index (χ0n) is 19.2. The van der Waals surface area contributed by atoms with Crippen LogP contribution in [0.4, 0.5) is 5.69 Å². The Hall–Kier alpha value is -5.31. The molecule has 1 atom stereocenters. The number of nitrogens with zero attached hydrogens (tertiary/aromatic N) is 1. The van der Waals surface area contributed by atoms with Gasteiger partial charge in [0.1, 0.15) is 23.0 Å². The number of carbonyl (C=O) groups is 2. The van der Waals surface area contributed by atoms with Crippen molar-refractivity contribution < 1.29 is 28.9 Å². The van der Waals surface area contributed by atoms with Gasteiger partial charge in [-0.15, -0.1) is 0 Å². The molecule has 2 aliphatic heterocycles. The number of fused-ring (bicyclic) bond motifs is 6. The Morgan fingerprint density at radius 2 is 1.57 bits per heavy atom. The first-order chi connectivity index (χ1) is 17.9. The summed E-state index contributed by atoms with van der Waals surface area (Å²) in [7, 11) is 0. The lowest BCUT2D eigenvalue weighted by atomic mass is 9.77. The highest BCUT2D eigenvalue weighted by Crippen LogP contribution is 2.56. The van der Waals surface area contributed by atoms with Crippen LogP contribution in [0.2, 0.25) is 0 Å². The molecule has 1 spiro atoms. The number of nitrogens with two attached hydrogens (primary N) is 2. The van der Waals surface area contributed by atoms with Crippen LogP contribution in [0.5, 0.6) is 23.0 Å². The molecule has 2 aliphatic rings. The van der Waals surface area contributed by atoms with Gasteiger partial charge in [-0.2, -0.15) is 0 Å². The van der Waals surface area contributed by atoms with E-state index in [2.05, 4.69) is 4.99 Å². The summed E-state index contributed by atoms with van der Waals surface area (Å²) in [5.74, 6) is -0.588. The van der Waals surface area contributed by atoms with Gasteiger partial charge in [0.05, 0.1) is 16.8 Å². The Morgan fingerprint density at radius 3 is 2.38 bits per heavy atom. The third-order valence-corrected chi connectivity index (χ3v) is 6.25. The summed E-state index contributed by atoms with van der Waals surface area (Å²) in [6.07, 6.45) is 0. The van der Waals surface area contributed by atoms with E-state index >= 15 is 0 Å². The van der Waals surface area contributed by atoms with Gasteiger partial charge < -0.3 is 30.8 Å². The topological polar surface area (TPSA) is 146 Å². The summed E-state index contributed by atoms with van der Waals surface area (Å²) < 4.78 is 17.8. The van der Waals surface area contributed by atoms with Gasteiger partial charge in [-0.1, -0.05) is 30.3 Å². The van der Waals surface area contributed by atoms with Crippen LogP contribution in [0.1, 0.15) is 37.4 Å². The van der Waals surface area contributed by atoms with Crippen LogP contribution in [-0.4, -0.2) is 23.0 Å². The molecule has 0 fully saturated rings. The Bertz CT molecular complexity index is 1640. The first-order valence-corrected chi connectivity index (χ1v) is 11.3. The maximum absolute atomic E-state index is 13.0. The number of aromatic hydroxyl groups is 1. The van der Waals surface area contributed by atoms with Gasteiger partial charge in [0.2, 0.25) is 0 Å². The molecule has 182 valence electrons. The van der Waals surface area contributed by atoms with Crippen LogP contribution in [0.25, 0.3) is 0 Å². The van der Waals surface area contributed by atoms with Crippen molar-refractivity contribution in [3.63, 3.8) is 0 Å². The van der Waals surface area contributed by atoms with Gasteiger partial charge in [-0.3, -0.25) is 0 Å². The van der Waals surface area contributed by atoms with Crippen LogP contribution < -0.4 is 20.9 Å². The number of guanidine groups is 1. The summed E-state index contributed by atoms with van der Waals surface area (Å²) in [6, 6.07) is 23.0. The number of hydrogen-bond donors (Lipinski definition) is 3. The number of phenolic OH excluding ortho intramolecular Hbond substituents is 1. The highest BCUT2D eigenvalue weighted by Gasteiger charge is 2.53. The predicted molar refractivity (Wildman–Crippen MR) is 133 cm³/mol. The van der Waals surface area contributed by atoms with Crippen molar-refractivity contribution in [3.8, 4) is 23.0 Å². The zero-order chi connectivity index (χ0) is 25.7. The fourth-order valence-electron chi connectivity index (χ4n) is 4.75. The fraction of sp³-hybridized carbons (Fsp3) is 0.0357. The molecule has 0 radical (unpaired) electrons. The van der Waals surface area contributed by atoms with Gasteiger partial charge >= 0.3 is 11.9 Å². The monoisotopic (exact) mass is 493 g/mol. The summed E-state index contributed by atoms with van der Waals surface area (Å²) in [5.41, 5.74) is 12.3. The molecular weight excluding hydrogens is 474 g/mol. The molecule has 0 bridgehead atoms. The molecule has 4 aromatic rings. The van der Waals surface area contributed by atoms with Gasteiger partial charge in [0.25, 0.3) is 0 Å². The molecule has 0 amide bonds. The molecule has 4 aromatic carbocycles. The molecule has 6 rings (SSSR count). The molecule has 37 heavy (non-hydrogen) atoms. The zero-order valence-corrected chi connectivity index (χ0v) is 19.2. The van der Waals surface area contributed by atoms with Crippen LogP contribution in [-0.2, 0) is 10.3 Å². The van der Waals surface area contributed by atoms with Gasteiger partial charge in [-0.05, 0) is 42.5 Å². The summed E-state index contributed by atoms with van der Waals surface area (Å²) in [6.45, 7) is 0. The van der Waals surface area contributed by atoms with E-state index in [-0.39, 0.29) is 28.7 Å². The van der Waals surface area contributed by atoms with Crippen LogP contribution in [0, 0.1) is 0 Å². The Kier molecular flexibility index (Phi) is 4.87. The molecular formula is C28H19N3O6. The number of para-hydroxylation sites is 1. The van der Waals surface area contributed by atoms with Crippen molar-refractivity contribution in [2.75, 3.05) is 0 Å². The van der Waals surface area contributed by atoms with Crippen molar-refractivity contribution in [2.45, 2.75) is 5.60 Å². The van der Waals surface area contributed by atoms with Gasteiger partial charge in [0, 0.05) is 28.8 Å². The molecule has 9 heteroatoms. The average Bonchev–Trinajstić information content (AvgIpc) is 3.16. The third-order valence-electron chi connectivity index (χ3n) is 6.25. The van der Waals surface area contributed by atoms with Crippen LogP contribution >= 0.6 is 0 Å². The highest BCUT2D eigenvalue weighted by molar-refractivity contribution is 5.98. The quantitative estimate of drug-likeness (QED) is 0.167. The maximum Gasteiger partial charge on any atom is 0.345 e. The second-order valence-electron chi connectivity index (χ2n) is 8.50. The third kappa shape index (κ3) is 3.44. The molecule has 5 N–H and O–H groups in total. The summed E-state index contributed by atoms with van der Waals surface area (Å²) in [4.78, 5) is 29.8. The number of carbonyl (C=O) groups excluding carboxylic acids is 2. The van der Waals surface area contributed by atoms with Gasteiger partial charge in [0.15, 0.2) is 11.6 Å². The van der Waals surface area contributed by atoms with E-state index in [0.717, 1.165) is 0 Å². The van der Waals surface area contributed by atoms with Crippen molar-refractivity contribution in [2.24, 2.45) is 16.5 Å². The largest absolute Gasteiger partial charge is 0.508 e. The van der Waals surface area contributed by atoms with E-state index in [1.54, 1.807) is 54.6 Å². The highest BCUT2D eigenvalue weighted by atomic mass is 16.6.